The molecule has 0 fully saturated rings. The van der Waals surface area contributed by atoms with E-state index in [1.54, 1.807) is 52.7 Å². The van der Waals surface area contributed by atoms with Crippen molar-refractivity contribution in [2.75, 3.05) is 25.1 Å². The van der Waals surface area contributed by atoms with Crippen LogP contribution in [0.1, 0.15) is 24.5 Å². The molecule has 0 aliphatic heterocycles. The molecule has 1 N–H and O–H groups in total. The van der Waals surface area contributed by atoms with Crippen LogP contribution in [0.2, 0.25) is 25.7 Å². The van der Waals surface area contributed by atoms with Crippen LogP contribution in [0.4, 0.5) is 5.95 Å². The van der Waals surface area contributed by atoms with Crippen LogP contribution in [-0.4, -0.2) is 67.4 Å². The maximum atomic E-state index is 14.3. The number of para-hydroxylation sites is 1. The van der Waals surface area contributed by atoms with E-state index in [1.165, 1.54) is 36.8 Å². The number of sulfonamides is 1. The highest BCUT2D eigenvalue weighted by Gasteiger charge is 2.40. The predicted molar refractivity (Wildman–Crippen MR) is 158 cm³/mol. The van der Waals surface area contributed by atoms with E-state index in [0.29, 0.717) is 40.4 Å². The van der Waals surface area contributed by atoms with Gasteiger partial charge in [-0.3, -0.25) is 4.57 Å². The van der Waals surface area contributed by atoms with Gasteiger partial charge < -0.3 is 19.0 Å². The van der Waals surface area contributed by atoms with Gasteiger partial charge in [-0.15, -0.1) is 21.5 Å². The number of aliphatic hydroxyl groups excluding tert-OH is 1. The Labute approximate surface area is 239 Å². The lowest BCUT2D eigenvalue weighted by atomic mass is 10.2. The lowest BCUT2D eigenvalue weighted by molar-refractivity contribution is 0.171. The standard InChI is InChI=1S/C26H35N5O6S2Si/c1-17-11-12-22(37-17)25-28-29-26(31(25)23-20(35-3)9-8-10-21(23)36-4)30(13-14-40(5,6)7)39(33,34)18(2)24(32)19-15-38-16-27-19/h8-12,15-16,18,24,32H,13-14H2,1-7H3/t18-,24+/m0/s1. The first-order valence-corrected chi connectivity index (χ1v) is 18.9. The monoisotopic (exact) mass is 605 g/mol. The van der Waals surface area contributed by atoms with Crippen LogP contribution in [-0.2, 0) is 10.0 Å². The number of ether oxygens (including phenoxy) is 2. The van der Waals surface area contributed by atoms with Crippen molar-refractivity contribution in [3.63, 3.8) is 0 Å². The minimum atomic E-state index is -4.20. The summed E-state index contributed by atoms with van der Waals surface area (Å²) in [6.07, 6.45) is -1.34. The molecule has 0 aliphatic rings. The van der Waals surface area contributed by atoms with Gasteiger partial charge in [0.2, 0.25) is 21.8 Å². The zero-order valence-corrected chi connectivity index (χ0v) is 26.3. The molecule has 0 radical (unpaired) electrons. The molecule has 0 aliphatic carbocycles. The number of aliphatic hydroxyl groups is 1. The van der Waals surface area contributed by atoms with E-state index in [1.807, 2.05) is 0 Å². The zero-order valence-electron chi connectivity index (χ0n) is 23.7. The molecule has 0 saturated heterocycles. The average Bonchev–Trinajstić information content (AvgIpc) is 3.68. The third-order valence-electron chi connectivity index (χ3n) is 6.50. The van der Waals surface area contributed by atoms with Crippen LogP contribution in [0.3, 0.4) is 0 Å². The molecule has 0 amide bonds. The van der Waals surface area contributed by atoms with Gasteiger partial charge in [0.1, 0.15) is 34.3 Å². The van der Waals surface area contributed by atoms with Crippen molar-refractivity contribution in [2.24, 2.45) is 0 Å². The third-order valence-corrected chi connectivity index (χ3v) is 11.0. The van der Waals surface area contributed by atoms with Crippen molar-refractivity contribution < 1.29 is 27.4 Å². The Balaban J connectivity index is 1.98. The first-order chi connectivity index (χ1) is 18.9. The molecule has 0 spiro atoms. The summed E-state index contributed by atoms with van der Waals surface area (Å²) in [6.45, 7) is 9.91. The van der Waals surface area contributed by atoms with Crippen LogP contribution in [0.25, 0.3) is 17.3 Å². The normalized spacial score (nSPS) is 13.7. The van der Waals surface area contributed by atoms with Gasteiger partial charge in [0.15, 0.2) is 5.76 Å². The van der Waals surface area contributed by atoms with E-state index in [0.717, 1.165) is 0 Å². The second kappa shape index (κ2) is 11.7. The maximum absolute atomic E-state index is 14.3. The number of hydrogen-bond donors (Lipinski definition) is 1. The van der Waals surface area contributed by atoms with Gasteiger partial charge in [-0.05, 0) is 44.2 Å². The van der Waals surface area contributed by atoms with Crippen molar-refractivity contribution in [2.45, 2.75) is 50.9 Å². The molecular formula is C26H35N5O6S2Si. The Morgan fingerprint density at radius 3 is 2.33 bits per heavy atom. The quantitative estimate of drug-likeness (QED) is 0.224. The van der Waals surface area contributed by atoms with Crippen molar-refractivity contribution in [1.82, 2.24) is 19.7 Å². The summed E-state index contributed by atoms with van der Waals surface area (Å²) in [4.78, 5) is 4.14. The number of furan rings is 1. The molecule has 11 nitrogen and oxygen atoms in total. The first kappa shape index (κ1) is 29.8. The van der Waals surface area contributed by atoms with Gasteiger partial charge in [-0.2, -0.15) is 0 Å². The molecule has 0 unspecified atom stereocenters. The van der Waals surface area contributed by atoms with E-state index in [2.05, 4.69) is 34.8 Å². The highest BCUT2D eigenvalue weighted by Crippen LogP contribution is 2.40. The Bertz CT molecular complexity index is 1520. The molecule has 40 heavy (non-hydrogen) atoms. The molecule has 4 aromatic rings. The SMILES string of the molecule is COc1cccc(OC)c1-n1c(-c2ccc(C)o2)nnc1N(CC[Si](C)(C)C)S(=O)(=O)[C@@H](C)[C@@H](O)c1cscn1. The van der Waals surface area contributed by atoms with Crippen molar-refractivity contribution >= 4 is 35.4 Å². The number of rotatable bonds is 12. The fourth-order valence-corrected chi connectivity index (χ4v) is 7.36. The molecule has 1 aromatic carbocycles. The van der Waals surface area contributed by atoms with Crippen molar-refractivity contribution in [1.29, 1.82) is 0 Å². The summed E-state index contributed by atoms with van der Waals surface area (Å²) in [7, 11) is -2.90. The lowest BCUT2D eigenvalue weighted by Crippen LogP contribution is -2.44. The number of hydrogen-bond acceptors (Lipinski definition) is 10. The number of aromatic nitrogens is 4. The van der Waals surface area contributed by atoms with E-state index < -0.39 is 29.5 Å². The molecule has 14 heteroatoms. The van der Waals surface area contributed by atoms with Crippen LogP contribution in [0, 0.1) is 6.92 Å². The van der Waals surface area contributed by atoms with Crippen LogP contribution < -0.4 is 13.8 Å². The first-order valence-electron chi connectivity index (χ1n) is 12.7. The molecule has 0 bridgehead atoms. The number of aryl methyl sites for hydroxylation is 1. The average molecular weight is 606 g/mol. The molecule has 0 saturated carbocycles. The van der Waals surface area contributed by atoms with E-state index in [9.17, 15) is 13.5 Å². The van der Waals surface area contributed by atoms with E-state index in [4.69, 9.17) is 13.9 Å². The van der Waals surface area contributed by atoms with Gasteiger partial charge in [-0.1, -0.05) is 25.7 Å². The van der Waals surface area contributed by atoms with E-state index in [-0.39, 0.29) is 18.3 Å². The van der Waals surface area contributed by atoms with Crippen molar-refractivity contribution in [3.05, 3.63) is 52.7 Å². The molecule has 2 atom stereocenters. The summed E-state index contributed by atoms with van der Waals surface area (Å²) >= 11 is 1.29. The summed E-state index contributed by atoms with van der Waals surface area (Å²) in [6, 6.07) is 9.43. The molecule has 216 valence electrons. The summed E-state index contributed by atoms with van der Waals surface area (Å²) in [5, 5.41) is 20.2. The zero-order chi connectivity index (χ0) is 29.2. The third kappa shape index (κ3) is 5.94. The number of thiazole rings is 1. The minimum Gasteiger partial charge on any atom is -0.494 e. The maximum Gasteiger partial charge on any atom is 0.246 e. The Morgan fingerprint density at radius 2 is 1.80 bits per heavy atom. The topological polar surface area (TPSA) is 133 Å². The minimum absolute atomic E-state index is 0.0300. The number of nitrogens with zero attached hydrogens (tertiary/aromatic N) is 5. The number of benzene rings is 1. The fourth-order valence-electron chi connectivity index (χ4n) is 4.16. The fraction of sp³-hybridized carbons (Fsp3) is 0.423. The van der Waals surface area contributed by atoms with Gasteiger partial charge >= 0.3 is 0 Å². The van der Waals surface area contributed by atoms with E-state index >= 15 is 0 Å². The van der Waals surface area contributed by atoms with Crippen LogP contribution >= 0.6 is 11.3 Å². The Kier molecular flexibility index (Phi) is 8.73. The van der Waals surface area contributed by atoms with Gasteiger partial charge in [0.05, 0.1) is 25.4 Å². The smallest absolute Gasteiger partial charge is 0.246 e. The Hall–Kier alpha value is -3.20. The van der Waals surface area contributed by atoms with Crippen LogP contribution in [0.5, 0.6) is 11.5 Å². The van der Waals surface area contributed by atoms with Gasteiger partial charge in [0.25, 0.3) is 0 Å². The van der Waals surface area contributed by atoms with Gasteiger partial charge in [0, 0.05) is 20.0 Å². The largest absolute Gasteiger partial charge is 0.494 e. The lowest BCUT2D eigenvalue weighted by Gasteiger charge is -2.30. The number of methoxy groups -OCH3 is 2. The summed E-state index contributed by atoms with van der Waals surface area (Å²) in [5.74, 6) is 2.18. The second-order valence-electron chi connectivity index (χ2n) is 10.6. The predicted octanol–water partition coefficient (Wildman–Crippen LogP) is 4.91. The molecule has 4 rings (SSSR count). The summed E-state index contributed by atoms with van der Waals surface area (Å²) in [5.41, 5.74) is 2.27. The summed E-state index contributed by atoms with van der Waals surface area (Å²) < 4.78 is 48.7. The Morgan fingerprint density at radius 1 is 1.12 bits per heavy atom. The molecular weight excluding hydrogens is 571 g/mol. The van der Waals surface area contributed by atoms with Crippen molar-refractivity contribution in [3.8, 4) is 28.8 Å². The van der Waals surface area contributed by atoms with Crippen LogP contribution in [0.15, 0.2) is 45.6 Å². The number of anilines is 1. The van der Waals surface area contributed by atoms with Gasteiger partial charge in [-0.25, -0.2) is 17.7 Å². The highest BCUT2D eigenvalue weighted by molar-refractivity contribution is 7.93. The molecule has 3 heterocycles. The highest BCUT2D eigenvalue weighted by atomic mass is 32.2. The molecule has 3 aromatic heterocycles. The second-order valence-corrected chi connectivity index (χ2v) is 19.1.